The van der Waals surface area contributed by atoms with Crippen LogP contribution in [-0.2, 0) is 0 Å². The Labute approximate surface area is 352 Å². The number of hydrogen-bond acceptors (Lipinski definition) is 12. The van der Waals surface area contributed by atoms with Crippen LogP contribution < -0.4 is 33.2 Å². The van der Waals surface area contributed by atoms with Gasteiger partial charge in [-0.25, -0.2) is 4.98 Å². The highest BCUT2D eigenvalue weighted by molar-refractivity contribution is 7.21. The molecule has 5 aromatic rings. The SMILES string of the molecule is COc1cc(-c2nc3ccccc3s2)ccc1OCCCCCN1CCN(CCCCCOc2cc(/C=C/C(=O)c3cc(OC)c(OC)c(OC)c3)ccc2OC)CC1. The third-order valence-corrected chi connectivity index (χ3v) is 11.6. The molecule has 0 amide bonds. The standard InChI is InChI=1S/C47H57N3O8S/c1-52-39-20-17-34(16-19-38(51)36-32-43(54-3)46(56-5)44(33-36)55-4)30-42(39)58-29-13-7-11-23-50-26-24-49(25-27-50)22-10-6-12-28-57-40-21-18-35(31-41(40)53-2)47-48-37-14-8-9-15-45(37)59-47/h8-9,14-21,30-33H,6-7,10-13,22-29H2,1-5H3/b19-16+. The number of carbonyl (C=O) groups is 1. The van der Waals surface area contributed by atoms with Crippen LogP contribution in [0.2, 0.25) is 0 Å². The van der Waals surface area contributed by atoms with E-state index in [0.717, 1.165) is 105 Å². The summed E-state index contributed by atoms with van der Waals surface area (Å²) in [5.74, 6) is 3.94. The van der Waals surface area contributed by atoms with Crippen molar-refractivity contribution in [2.24, 2.45) is 0 Å². The van der Waals surface area contributed by atoms with Crippen molar-refractivity contribution in [3.05, 3.63) is 90.0 Å². The summed E-state index contributed by atoms with van der Waals surface area (Å²) in [5.41, 5.74) is 3.32. The molecule has 1 aliphatic heterocycles. The fourth-order valence-corrected chi connectivity index (χ4v) is 8.11. The Hall–Kier alpha value is -5.30. The Morgan fingerprint density at radius 3 is 1.85 bits per heavy atom. The zero-order valence-electron chi connectivity index (χ0n) is 35.0. The molecule has 0 unspecified atom stereocenters. The van der Waals surface area contributed by atoms with Crippen LogP contribution in [0.25, 0.3) is 26.9 Å². The molecular weight excluding hydrogens is 767 g/mol. The topological polar surface area (TPSA) is 101 Å². The highest BCUT2D eigenvalue weighted by atomic mass is 32.1. The Morgan fingerprint density at radius 1 is 0.627 bits per heavy atom. The average Bonchev–Trinajstić information content (AvgIpc) is 3.72. The van der Waals surface area contributed by atoms with Crippen LogP contribution in [0.5, 0.6) is 40.2 Å². The van der Waals surface area contributed by atoms with E-state index >= 15 is 0 Å². The van der Waals surface area contributed by atoms with E-state index in [0.29, 0.717) is 47.5 Å². The summed E-state index contributed by atoms with van der Waals surface area (Å²) in [7, 11) is 7.90. The molecule has 0 radical (unpaired) electrons. The number of benzene rings is 4. The maximum absolute atomic E-state index is 13.0. The summed E-state index contributed by atoms with van der Waals surface area (Å²) in [6.07, 6.45) is 9.79. The number of allylic oxidation sites excluding steroid dienone is 1. The predicted octanol–water partition coefficient (Wildman–Crippen LogP) is 9.32. The molecule has 1 fully saturated rings. The first-order valence-corrected chi connectivity index (χ1v) is 21.2. The Morgan fingerprint density at radius 2 is 1.24 bits per heavy atom. The molecule has 0 N–H and O–H groups in total. The minimum absolute atomic E-state index is 0.191. The molecule has 0 saturated carbocycles. The van der Waals surface area contributed by atoms with Gasteiger partial charge < -0.3 is 43.0 Å². The molecule has 12 heteroatoms. The number of carbonyl (C=O) groups excluding carboxylic acids is 1. The van der Waals surface area contributed by atoms with E-state index in [-0.39, 0.29) is 5.78 Å². The van der Waals surface area contributed by atoms with Crippen molar-refractivity contribution in [3.8, 4) is 50.8 Å². The van der Waals surface area contributed by atoms with Crippen LogP contribution in [0.3, 0.4) is 0 Å². The molecule has 0 spiro atoms. The van der Waals surface area contributed by atoms with E-state index in [2.05, 4.69) is 21.9 Å². The molecule has 0 atom stereocenters. The van der Waals surface area contributed by atoms with Gasteiger partial charge in [0.15, 0.2) is 40.3 Å². The van der Waals surface area contributed by atoms with Gasteiger partial charge in [-0.2, -0.15) is 0 Å². The molecule has 11 nitrogen and oxygen atoms in total. The number of para-hydroxylation sites is 1. The predicted molar refractivity (Wildman–Crippen MR) is 236 cm³/mol. The molecule has 59 heavy (non-hydrogen) atoms. The minimum atomic E-state index is -0.191. The van der Waals surface area contributed by atoms with Gasteiger partial charge in [-0.05, 0) is 118 Å². The van der Waals surface area contributed by atoms with Gasteiger partial charge in [0.05, 0.1) is 59.0 Å². The summed E-state index contributed by atoms with van der Waals surface area (Å²) < 4.78 is 40.8. The molecule has 2 heterocycles. The molecular formula is C47H57N3O8S. The van der Waals surface area contributed by atoms with Crippen LogP contribution in [0.15, 0.2) is 78.9 Å². The monoisotopic (exact) mass is 823 g/mol. The lowest BCUT2D eigenvalue weighted by molar-refractivity contribution is 0.104. The highest BCUT2D eigenvalue weighted by Gasteiger charge is 2.18. The van der Waals surface area contributed by atoms with Gasteiger partial charge in [0, 0.05) is 37.3 Å². The Kier molecular flexibility index (Phi) is 16.3. The number of methoxy groups -OCH3 is 5. The van der Waals surface area contributed by atoms with Gasteiger partial charge >= 0.3 is 0 Å². The minimum Gasteiger partial charge on any atom is -0.493 e. The molecule has 1 aliphatic rings. The zero-order chi connectivity index (χ0) is 41.4. The first kappa shape index (κ1) is 43.3. The normalized spacial score (nSPS) is 13.4. The van der Waals surface area contributed by atoms with Crippen LogP contribution in [0.1, 0.15) is 54.4 Å². The van der Waals surface area contributed by atoms with Crippen LogP contribution in [0, 0.1) is 0 Å². The Bertz CT molecular complexity index is 2090. The van der Waals surface area contributed by atoms with Crippen LogP contribution in [-0.4, -0.2) is 109 Å². The van der Waals surface area contributed by atoms with E-state index < -0.39 is 0 Å². The summed E-state index contributed by atoms with van der Waals surface area (Å²) in [5, 5.41) is 0.984. The van der Waals surface area contributed by atoms with E-state index in [1.54, 1.807) is 43.8 Å². The number of nitrogens with zero attached hydrogens (tertiary/aromatic N) is 3. The first-order chi connectivity index (χ1) is 28.9. The molecule has 6 rings (SSSR count). The second-order valence-electron chi connectivity index (χ2n) is 14.4. The summed E-state index contributed by atoms with van der Waals surface area (Å²) >= 11 is 1.69. The maximum Gasteiger partial charge on any atom is 0.203 e. The second-order valence-corrected chi connectivity index (χ2v) is 15.4. The largest absolute Gasteiger partial charge is 0.493 e. The van der Waals surface area contributed by atoms with Crippen molar-refractivity contribution in [1.29, 1.82) is 0 Å². The van der Waals surface area contributed by atoms with Crippen LogP contribution in [0.4, 0.5) is 0 Å². The fraction of sp³-hybridized carbons (Fsp3) is 0.404. The van der Waals surface area contributed by atoms with Gasteiger partial charge in [-0.1, -0.05) is 24.3 Å². The number of ketones is 1. The number of unbranched alkanes of at least 4 members (excludes halogenated alkanes) is 4. The second kappa shape index (κ2) is 22.2. The number of thiazole rings is 1. The summed E-state index contributed by atoms with van der Waals surface area (Å²) in [6, 6.07) is 23.2. The summed E-state index contributed by atoms with van der Waals surface area (Å²) in [6.45, 7) is 7.99. The number of hydrogen-bond donors (Lipinski definition) is 0. The highest BCUT2D eigenvalue weighted by Crippen LogP contribution is 2.39. The van der Waals surface area contributed by atoms with Gasteiger partial charge in [-0.15, -0.1) is 11.3 Å². The van der Waals surface area contributed by atoms with E-state index in [4.69, 9.17) is 38.1 Å². The number of aromatic nitrogens is 1. The maximum atomic E-state index is 13.0. The number of piperazine rings is 1. The number of ether oxygens (including phenoxy) is 7. The molecule has 314 valence electrons. The van der Waals surface area contributed by atoms with Crippen molar-refractivity contribution >= 4 is 33.4 Å². The molecule has 1 aromatic heterocycles. The summed E-state index contributed by atoms with van der Waals surface area (Å²) in [4.78, 5) is 23.0. The van der Waals surface area contributed by atoms with Crippen molar-refractivity contribution in [3.63, 3.8) is 0 Å². The van der Waals surface area contributed by atoms with Crippen molar-refractivity contribution < 1.29 is 38.0 Å². The third-order valence-electron chi connectivity index (χ3n) is 10.5. The lowest BCUT2D eigenvalue weighted by atomic mass is 10.1. The van der Waals surface area contributed by atoms with Gasteiger partial charge in [0.25, 0.3) is 0 Å². The quantitative estimate of drug-likeness (QED) is 0.0358. The molecule has 0 bridgehead atoms. The van der Waals surface area contributed by atoms with E-state index in [1.807, 2.05) is 48.5 Å². The van der Waals surface area contributed by atoms with Crippen molar-refractivity contribution in [2.75, 3.05) is 88.0 Å². The first-order valence-electron chi connectivity index (χ1n) is 20.4. The van der Waals surface area contributed by atoms with Crippen molar-refractivity contribution in [2.45, 2.75) is 38.5 Å². The Balaban J connectivity index is 0.832. The fourth-order valence-electron chi connectivity index (χ4n) is 7.15. The van der Waals surface area contributed by atoms with E-state index in [9.17, 15) is 4.79 Å². The number of fused-ring (bicyclic) bond motifs is 1. The number of rotatable bonds is 23. The molecule has 4 aromatic carbocycles. The van der Waals surface area contributed by atoms with E-state index in [1.165, 1.54) is 38.5 Å². The smallest absolute Gasteiger partial charge is 0.203 e. The zero-order valence-corrected chi connectivity index (χ0v) is 35.8. The van der Waals surface area contributed by atoms with Crippen LogP contribution >= 0.6 is 11.3 Å². The lowest BCUT2D eigenvalue weighted by Crippen LogP contribution is -2.46. The van der Waals surface area contributed by atoms with Gasteiger partial charge in [0.2, 0.25) is 5.75 Å². The lowest BCUT2D eigenvalue weighted by Gasteiger charge is -2.34. The van der Waals surface area contributed by atoms with Gasteiger partial charge in [-0.3, -0.25) is 4.79 Å². The average molecular weight is 824 g/mol. The van der Waals surface area contributed by atoms with Crippen molar-refractivity contribution in [1.82, 2.24) is 14.8 Å². The molecule has 0 aliphatic carbocycles. The third kappa shape index (κ3) is 11.9. The molecule has 1 saturated heterocycles. The van der Waals surface area contributed by atoms with Gasteiger partial charge in [0.1, 0.15) is 5.01 Å².